The molecule has 0 aliphatic carbocycles. The van der Waals surface area contributed by atoms with Gasteiger partial charge < -0.3 is 9.47 Å². The summed E-state index contributed by atoms with van der Waals surface area (Å²) < 4.78 is 10.4. The van der Waals surface area contributed by atoms with Gasteiger partial charge in [-0.05, 0) is 19.8 Å². The number of hydrogen-bond acceptors (Lipinski definition) is 2. The number of unbranched alkanes of at least 4 members (excludes halogenated alkanes) is 1. The fourth-order valence-electron chi connectivity index (χ4n) is 0.714. The lowest BCUT2D eigenvalue weighted by molar-refractivity contribution is 0.0912. The SMILES string of the molecule is [CH2]COCCCOCCCC. The third-order valence-corrected chi connectivity index (χ3v) is 1.36. The maximum Gasteiger partial charge on any atom is 0.0487 e. The average Bonchev–Trinajstić information content (AvgIpc) is 2.03. The molecule has 0 bridgehead atoms. The van der Waals surface area contributed by atoms with Gasteiger partial charge in [0.1, 0.15) is 0 Å². The summed E-state index contributed by atoms with van der Waals surface area (Å²) in [6.07, 6.45) is 3.35. The standard InChI is InChI=1S/C9H19O2/c1-3-5-7-11-9-6-8-10-4-2/h2-9H2,1H3. The van der Waals surface area contributed by atoms with Gasteiger partial charge in [-0.3, -0.25) is 0 Å². The number of rotatable bonds is 8. The van der Waals surface area contributed by atoms with Gasteiger partial charge in [0.25, 0.3) is 0 Å². The Morgan fingerprint density at radius 1 is 1.00 bits per heavy atom. The second kappa shape index (κ2) is 9.92. The van der Waals surface area contributed by atoms with Crippen molar-refractivity contribution in [2.24, 2.45) is 0 Å². The largest absolute Gasteiger partial charge is 0.381 e. The molecule has 0 unspecified atom stereocenters. The quantitative estimate of drug-likeness (QED) is 0.505. The summed E-state index contributed by atoms with van der Waals surface area (Å²) in [6, 6.07) is 0. The molecule has 0 saturated heterocycles. The van der Waals surface area contributed by atoms with Crippen molar-refractivity contribution in [1.82, 2.24) is 0 Å². The van der Waals surface area contributed by atoms with E-state index >= 15 is 0 Å². The molecule has 11 heavy (non-hydrogen) atoms. The predicted molar refractivity (Wildman–Crippen MR) is 46.5 cm³/mol. The molecule has 0 aliphatic heterocycles. The molecule has 0 rings (SSSR count). The molecule has 0 amide bonds. The van der Waals surface area contributed by atoms with Crippen LogP contribution in [0.5, 0.6) is 0 Å². The van der Waals surface area contributed by atoms with Crippen LogP contribution in [0.2, 0.25) is 0 Å². The van der Waals surface area contributed by atoms with Gasteiger partial charge in [0.05, 0.1) is 0 Å². The molecule has 0 N–H and O–H groups in total. The van der Waals surface area contributed by atoms with Crippen molar-refractivity contribution in [3.05, 3.63) is 6.92 Å². The average molecular weight is 159 g/mol. The van der Waals surface area contributed by atoms with Gasteiger partial charge in [-0.25, -0.2) is 0 Å². The van der Waals surface area contributed by atoms with Gasteiger partial charge in [-0.1, -0.05) is 13.3 Å². The van der Waals surface area contributed by atoms with E-state index in [0.717, 1.165) is 32.7 Å². The molecule has 0 atom stereocenters. The molecule has 0 aromatic carbocycles. The van der Waals surface area contributed by atoms with Crippen LogP contribution >= 0.6 is 0 Å². The fourth-order valence-corrected chi connectivity index (χ4v) is 0.714. The molecule has 0 spiro atoms. The Balaban J connectivity index is 2.69. The summed E-state index contributed by atoms with van der Waals surface area (Å²) in [5.74, 6) is 0. The molecule has 67 valence electrons. The Kier molecular flexibility index (Phi) is 9.85. The van der Waals surface area contributed by atoms with Crippen molar-refractivity contribution in [3.63, 3.8) is 0 Å². The van der Waals surface area contributed by atoms with E-state index in [4.69, 9.17) is 9.47 Å². The van der Waals surface area contributed by atoms with Gasteiger partial charge >= 0.3 is 0 Å². The maximum absolute atomic E-state index is 5.32. The van der Waals surface area contributed by atoms with Crippen LogP contribution in [0.1, 0.15) is 26.2 Å². The Labute approximate surface area is 69.9 Å². The zero-order valence-corrected chi connectivity index (χ0v) is 7.47. The van der Waals surface area contributed by atoms with Crippen LogP contribution in [0.3, 0.4) is 0 Å². The minimum Gasteiger partial charge on any atom is -0.381 e. The third-order valence-electron chi connectivity index (χ3n) is 1.36. The van der Waals surface area contributed by atoms with Crippen LogP contribution in [-0.2, 0) is 9.47 Å². The third kappa shape index (κ3) is 9.92. The van der Waals surface area contributed by atoms with E-state index < -0.39 is 0 Å². The van der Waals surface area contributed by atoms with Gasteiger partial charge in [-0.15, -0.1) is 0 Å². The van der Waals surface area contributed by atoms with Gasteiger partial charge in [0.15, 0.2) is 0 Å². The van der Waals surface area contributed by atoms with Crippen LogP contribution < -0.4 is 0 Å². The molecule has 0 aliphatic rings. The lowest BCUT2D eigenvalue weighted by Crippen LogP contribution is -2.01. The van der Waals surface area contributed by atoms with Gasteiger partial charge in [0, 0.05) is 26.4 Å². The van der Waals surface area contributed by atoms with Crippen molar-refractivity contribution in [3.8, 4) is 0 Å². The van der Waals surface area contributed by atoms with Crippen molar-refractivity contribution < 1.29 is 9.47 Å². The highest BCUT2D eigenvalue weighted by molar-refractivity contribution is 4.37. The number of hydrogen-bond donors (Lipinski definition) is 0. The molecule has 1 radical (unpaired) electrons. The highest BCUT2D eigenvalue weighted by atomic mass is 16.5. The second-order valence-electron chi connectivity index (χ2n) is 2.43. The highest BCUT2D eigenvalue weighted by Crippen LogP contribution is 1.89. The van der Waals surface area contributed by atoms with Crippen LogP contribution in [0.4, 0.5) is 0 Å². The van der Waals surface area contributed by atoms with E-state index in [1.54, 1.807) is 0 Å². The van der Waals surface area contributed by atoms with E-state index in [-0.39, 0.29) is 0 Å². The molecule has 0 aromatic heterocycles. The summed E-state index contributed by atoms with van der Waals surface area (Å²) in [6.45, 7) is 8.78. The summed E-state index contributed by atoms with van der Waals surface area (Å²) in [5.41, 5.74) is 0. The molecule has 2 nitrogen and oxygen atoms in total. The zero-order chi connectivity index (χ0) is 8.36. The first-order valence-corrected chi connectivity index (χ1v) is 4.36. The van der Waals surface area contributed by atoms with Crippen molar-refractivity contribution in [2.75, 3.05) is 26.4 Å². The minimum atomic E-state index is 0.564. The van der Waals surface area contributed by atoms with Crippen LogP contribution in [0.15, 0.2) is 0 Å². The highest BCUT2D eigenvalue weighted by Gasteiger charge is 1.87. The van der Waals surface area contributed by atoms with Crippen molar-refractivity contribution in [2.45, 2.75) is 26.2 Å². The fraction of sp³-hybridized carbons (Fsp3) is 0.889. The van der Waals surface area contributed by atoms with E-state index in [1.165, 1.54) is 6.42 Å². The van der Waals surface area contributed by atoms with Crippen LogP contribution in [-0.4, -0.2) is 26.4 Å². The summed E-state index contributed by atoms with van der Waals surface area (Å²) in [7, 11) is 0. The number of ether oxygens (including phenoxy) is 2. The lowest BCUT2D eigenvalue weighted by atomic mass is 10.4. The second-order valence-corrected chi connectivity index (χ2v) is 2.43. The molecule has 0 heterocycles. The smallest absolute Gasteiger partial charge is 0.0487 e. The Hall–Kier alpha value is -0.0800. The van der Waals surface area contributed by atoms with Gasteiger partial charge in [-0.2, -0.15) is 0 Å². The first-order chi connectivity index (χ1) is 5.41. The van der Waals surface area contributed by atoms with Crippen LogP contribution in [0.25, 0.3) is 0 Å². The van der Waals surface area contributed by atoms with E-state index in [1.807, 2.05) is 0 Å². The Bertz CT molecular complexity index is 56.6. The normalized spacial score (nSPS) is 10.4. The zero-order valence-electron chi connectivity index (χ0n) is 7.47. The molecular weight excluding hydrogens is 140 g/mol. The minimum absolute atomic E-state index is 0.564. The molecule has 0 saturated carbocycles. The van der Waals surface area contributed by atoms with Gasteiger partial charge in [0.2, 0.25) is 0 Å². The maximum atomic E-state index is 5.32. The van der Waals surface area contributed by atoms with E-state index in [9.17, 15) is 0 Å². The van der Waals surface area contributed by atoms with E-state index in [2.05, 4.69) is 13.8 Å². The molecule has 0 aromatic rings. The van der Waals surface area contributed by atoms with Crippen molar-refractivity contribution in [1.29, 1.82) is 0 Å². The molecule has 2 heteroatoms. The topological polar surface area (TPSA) is 18.5 Å². The Morgan fingerprint density at radius 3 is 2.27 bits per heavy atom. The van der Waals surface area contributed by atoms with Crippen LogP contribution in [0, 0.1) is 6.92 Å². The predicted octanol–water partition coefficient (Wildman–Crippen LogP) is 2.04. The molecule has 0 fully saturated rings. The first-order valence-electron chi connectivity index (χ1n) is 4.36. The summed E-state index contributed by atoms with van der Waals surface area (Å²) >= 11 is 0. The summed E-state index contributed by atoms with van der Waals surface area (Å²) in [5, 5.41) is 0. The van der Waals surface area contributed by atoms with E-state index in [0.29, 0.717) is 6.61 Å². The monoisotopic (exact) mass is 159 g/mol. The first kappa shape index (κ1) is 10.9. The molecular formula is C9H19O2. The summed E-state index contributed by atoms with van der Waals surface area (Å²) in [4.78, 5) is 0. The Morgan fingerprint density at radius 2 is 1.64 bits per heavy atom. The lowest BCUT2D eigenvalue weighted by Gasteiger charge is -2.02. The van der Waals surface area contributed by atoms with Crippen molar-refractivity contribution >= 4 is 0 Å².